The molecule has 0 aliphatic heterocycles. The van der Waals surface area contributed by atoms with Crippen LogP contribution in [-0.4, -0.2) is 43.1 Å². The van der Waals surface area contributed by atoms with Gasteiger partial charge in [-0.25, -0.2) is 0 Å². The van der Waals surface area contributed by atoms with E-state index in [1.54, 1.807) is 0 Å². The number of hydrogen-bond donors (Lipinski definition) is 1. The van der Waals surface area contributed by atoms with E-state index in [2.05, 4.69) is 25.1 Å². The van der Waals surface area contributed by atoms with Crippen molar-refractivity contribution in [2.45, 2.75) is 13.0 Å². The SMILES string of the molecule is CSCC(C)N(C)CCOc1cccc(N)c1. The molecule has 0 bridgehead atoms. The Morgan fingerprint density at radius 1 is 1.47 bits per heavy atom. The van der Waals surface area contributed by atoms with Crippen molar-refractivity contribution in [2.75, 3.05) is 37.9 Å². The lowest BCUT2D eigenvalue weighted by atomic mass is 10.3. The van der Waals surface area contributed by atoms with Crippen molar-refractivity contribution in [3.05, 3.63) is 24.3 Å². The van der Waals surface area contributed by atoms with Gasteiger partial charge in [-0.2, -0.15) is 11.8 Å². The third kappa shape index (κ3) is 5.33. The molecule has 1 aromatic rings. The molecular formula is C13H22N2OS. The van der Waals surface area contributed by atoms with Crippen molar-refractivity contribution in [3.8, 4) is 5.75 Å². The Kier molecular flexibility index (Phi) is 6.22. The van der Waals surface area contributed by atoms with Gasteiger partial charge in [0.25, 0.3) is 0 Å². The molecule has 4 heteroatoms. The van der Waals surface area contributed by atoms with Gasteiger partial charge in [-0.1, -0.05) is 6.07 Å². The number of likely N-dealkylation sites (N-methyl/N-ethyl adjacent to an activating group) is 1. The van der Waals surface area contributed by atoms with Crippen LogP contribution in [0.25, 0.3) is 0 Å². The van der Waals surface area contributed by atoms with Crippen LogP contribution in [0, 0.1) is 0 Å². The molecule has 2 N–H and O–H groups in total. The number of nitrogens with zero attached hydrogens (tertiary/aromatic N) is 1. The van der Waals surface area contributed by atoms with Crippen LogP contribution in [0.1, 0.15) is 6.92 Å². The number of benzene rings is 1. The minimum Gasteiger partial charge on any atom is -0.492 e. The summed E-state index contributed by atoms with van der Waals surface area (Å²) in [5, 5.41) is 0. The molecule has 1 unspecified atom stereocenters. The predicted octanol–water partition coefficient (Wildman–Crippen LogP) is 2.33. The first-order valence-corrected chi connectivity index (χ1v) is 7.20. The van der Waals surface area contributed by atoms with Crippen LogP contribution in [0.2, 0.25) is 0 Å². The molecule has 96 valence electrons. The quantitative estimate of drug-likeness (QED) is 0.758. The maximum atomic E-state index is 5.68. The number of nitrogens with two attached hydrogens (primary N) is 1. The van der Waals surface area contributed by atoms with Crippen molar-refractivity contribution in [3.63, 3.8) is 0 Å². The first kappa shape index (κ1) is 14.2. The third-order valence-electron chi connectivity index (χ3n) is 2.73. The average Bonchev–Trinajstić information content (AvgIpc) is 2.29. The van der Waals surface area contributed by atoms with Crippen molar-refractivity contribution in [1.29, 1.82) is 0 Å². The number of ether oxygens (including phenoxy) is 1. The highest BCUT2D eigenvalue weighted by atomic mass is 32.2. The molecular weight excluding hydrogens is 232 g/mol. The normalized spacial score (nSPS) is 12.7. The van der Waals surface area contributed by atoms with Crippen molar-refractivity contribution in [1.82, 2.24) is 4.90 Å². The van der Waals surface area contributed by atoms with Gasteiger partial charge in [0.15, 0.2) is 0 Å². The lowest BCUT2D eigenvalue weighted by molar-refractivity contribution is 0.210. The predicted molar refractivity (Wildman–Crippen MR) is 76.8 cm³/mol. The lowest BCUT2D eigenvalue weighted by Crippen LogP contribution is -2.34. The van der Waals surface area contributed by atoms with Gasteiger partial charge in [-0.3, -0.25) is 4.90 Å². The molecule has 17 heavy (non-hydrogen) atoms. The standard InChI is InChI=1S/C13H22N2OS/c1-11(10-17-3)15(2)7-8-16-13-6-4-5-12(14)9-13/h4-6,9,11H,7-8,10,14H2,1-3H3. The van der Waals surface area contributed by atoms with Crippen LogP contribution in [-0.2, 0) is 0 Å². The molecule has 0 saturated carbocycles. The molecule has 1 atom stereocenters. The zero-order valence-corrected chi connectivity index (χ0v) is 11.7. The fourth-order valence-corrected chi connectivity index (χ4v) is 2.24. The molecule has 0 spiro atoms. The Morgan fingerprint density at radius 3 is 2.88 bits per heavy atom. The zero-order chi connectivity index (χ0) is 12.7. The van der Waals surface area contributed by atoms with Gasteiger partial charge in [0.2, 0.25) is 0 Å². The van der Waals surface area contributed by atoms with Gasteiger partial charge in [0, 0.05) is 30.1 Å². The van der Waals surface area contributed by atoms with Gasteiger partial charge in [-0.15, -0.1) is 0 Å². The largest absolute Gasteiger partial charge is 0.492 e. The minimum absolute atomic E-state index is 0.578. The summed E-state index contributed by atoms with van der Waals surface area (Å²) >= 11 is 1.87. The topological polar surface area (TPSA) is 38.5 Å². The second-order valence-electron chi connectivity index (χ2n) is 4.21. The molecule has 0 radical (unpaired) electrons. The van der Waals surface area contributed by atoms with Gasteiger partial charge < -0.3 is 10.5 Å². The van der Waals surface area contributed by atoms with Gasteiger partial charge >= 0.3 is 0 Å². The Bertz CT molecular complexity index is 333. The molecule has 3 nitrogen and oxygen atoms in total. The summed E-state index contributed by atoms with van der Waals surface area (Å²) < 4.78 is 5.66. The van der Waals surface area contributed by atoms with E-state index < -0.39 is 0 Å². The molecule has 0 saturated heterocycles. The zero-order valence-electron chi connectivity index (χ0n) is 10.8. The number of thioether (sulfide) groups is 1. The van der Waals surface area contributed by atoms with Gasteiger partial charge in [0.05, 0.1) is 0 Å². The second kappa shape index (κ2) is 7.45. The second-order valence-corrected chi connectivity index (χ2v) is 5.12. The molecule has 0 aliphatic rings. The summed E-state index contributed by atoms with van der Waals surface area (Å²) in [5.41, 5.74) is 6.43. The average molecular weight is 254 g/mol. The van der Waals surface area contributed by atoms with E-state index in [1.807, 2.05) is 36.0 Å². The summed E-state index contributed by atoms with van der Waals surface area (Å²) in [4.78, 5) is 2.31. The first-order valence-electron chi connectivity index (χ1n) is 5.81. The van der Waals surface area contributed by atoms with E-state index in [4.69, 9.17) is 10.5 Å². The fraction of sp³-hybridized carbons (Fsp3) is 0.538. The van der Waals surface area contributed by atoms with Crippen molar-refractivity contribution in [2.24, 2.45) is 0 Å². The maximum Gasteiger partial charge on any atom is 0.121 e. The number of anilines is 1. The van der Waals surface area contributed by atoms with E-state index in [1.165, 1.54) is 0 Å². The van der Waals surface area contributed by atoms with Crippen molar-refractivity contribution >= 4 is 17.4 Å². The van der Waals surface area contributed by atoms with Crippen LogP contribution >= 0.6 is 11.8 Å². The highest BCUT2D eigenvalue weighted by Crippen LogP contribution is 2.14. The smallest absolute Gasteiger partial charge is 0.121 e. The molecule has 0 aromatic heterocycles. The van der Waals surface area contributed by atoms with E-state index in [9.17, 15) is 0 Å². The molecule has 0 fully saturated rings. The van der Waals surface area contributed by atoms with E-state index in [0.29, 0.717) is 12.6 Å². The molecule has 1 rings (SSSR count). The van der Waals surface area contributed by atoms with E-state index >= 15 is 0 Å². The summed E-state index contributed by atoms with van der Waals surface area (Å²) in [6.07, 6.45) is 2.13. The number of hydrogen-bond acceptors (Lipinski definition) is 4. The summed E-state index contributed by atoms with van der Waals surface area (Å²) in [6, 6.07) is 8.13. The number of nitrogen functional groups attached to an aromatic ring is 1. The Labute approximate surface area is 108 Å². The summed E-state index contributed by atoms with van der Waals surface area (Å²) in [7, 11) is 2.13. The van der Waals surface area contributed by atoms with Crippen LogP contribution in [0.4, 0.5) is 5.69 Å². The molecule has 0 aliphatic carbocycles. The lowest BCUT2D eigenvalue weighted by Gasteiger charge is -2.23. The van der Waals surface area contributed by atoms with Gasteiger partial charge in [-0.05, 0) is 32.4 Å². The first-order chi connectivity index (χ1) is 8.13. The highest BCUT2D eigenvalue weighted by Gasteiger charge is 2.07. The minimum atomic E-state index is 0.578. The third-order valence-corrected chi connectivity index (χ3v) is 3.55. The summed E-state index contributed by atoms with van der Waals surface area (Å²) in [5.74, 6) is 1.99. The molecule has 0 heterocycles. The van der Waals surface area contributed by atoms with E-state index in [0.717, 1.165) is 23.7 Å². The number of rotatable bonds is 7. The van der Waals surface area contributed by atoms with E-state index in [-0.39, 0.29) is 0 Å². The Hall–Kier alpha value is -0.870. The summed E-state index contributed by atoms with van der Waals surface area (Å²) in [6.45, 7) is 3.85. The molecule has 0 amide bonds. The van der Waals surface area contributed by atoms with Crippen LogP contribution in [0.5, 0.6) is 5.75 Å². The van der Waals surface area contributed by atoms with Crippen LogP contribution in [0.3, 0.4) is 0 Å². The van der Waals surface area contributed by atoms with Gasteiger partial charge in [0.1, 0.15) is 12.4 Å². The van der Waals surface area contributed by atoms with Crippen LogP contribution < -0.4 is 10.5 Å². The highest BCUT2D eigenvalue weighted by molar-refractivity contribution is 7.98. The Morgan fingerprint density at radius 2 is 2.24 bits per heavy atom. The van der Waals surface area contributed by atoms with Crippen LogP contribution in [0.15, 0.2) is 24.3 Å². The molecule has 1 aromatic carbocycles. The Balaban J connectivity index is 2.28. The fourth-order valence-electron chi connectivity index (χ4n) is 1.50. The van der Waals surface area contributed by atoms with Crippen molar-refractivity contribution < 1.29 is 4.74 Å². The maximum absolute atomic E-state index is 5.68. The monoisotopic (exact) mass is 254 g/mol.